The minimum atomic E-state index is -0.508. The molecule has 2 amide bonds. The zero-order valence-electron chi connectivity index (χ0n) is 30.4. The summed E-state index contributed by atoms with van der Waals surface area (Å²) in [5.74, 6) is 1.75. The maximum atomic E-state index is 11.8. The fraction of sp³-hybridized carbons (Fsp3) is 0.400. The van der Waals surface area contributed by atoms with Gasteiger partial charge in [0.1, 0.15) is 33.7 Å². The second-order valence-electron chi connectivity index (χ2n) is 14.7. The molecule has 0 aliphatic rings. The van der Waals surface area contributed by atoms with E-state index in [-0.39, 0.29) is 6.09 Å². The number of benzene rings is 3. The van der Waals surface area contributed by atoms with Crippen molar-refractivity contribution in [1.82, 2.24) is 30.6 Å². The van der Waals surface area contributed by atoms with Crippen molar-refractivity contribution < 1.29 is 19.1 Å². The number of aryl methyl sites for hydroxylation is 2. The van der Waals surface area contributed by atoms with E-state index in [1.165, 1.54) is 0 Å². The van der Waals surface area contributed by atoms with E-state index < -0.39 is 17.3 Å². The lowest BCUT2D eigenvalue weighted by molar-refractivity contribution is 0.0515. The largest absolute Gasteiger partial charge is 0.444 e. The summed E-state index contributed by atoms with van der Waals surface area (Å²) in [6.07, 6.45) is 6.02. The molecule has 0 aliphatic heterocycles. The molecular formula is C40H49ClN6O4. The van der Waals surface area contributed by atoms with Gasteiger partial charge in [0.15, 0.2) is 0 Å². The molecule has 0 radical (unpaired) electrons. The number of hydrogen-bond acceptors (Lipinski definition) is 6. The number of carbonyl (C=O) groups excluding carboxylic acids is 2. The van der Waals surface area contributed by atoms with Crippen molar-refractivity contribution in [3.8, 4) is 33.6 Å². The van der Waals surface area contributed by atoms with Crippen LogP contribution in [-0.2, 0) is 22.3 Å². The number of ether oxygens (including phenoxy) is 2. The van der Waals surface area contributed by atoms with Crippen LogP contribution in [0.1, 0.15) is 78.9 Å². The number of aromatic amines is 2. The fourth-order valence-electron chi connectivity index (χ4n) is 5.60. The molecule has 10 nitrogen and oxygen atoms in total. The van der Waals surface area contributed by atoms with Crippen LogP contribution in [0.4, 0.5) is 9.59 Å². The zero-order chi connectivity index (χ0) is 36.6. The number of fused-ring (bicyclic) bond motifs is 1. The van der Waals surface area contributed by atoms with Gasteiger partial charge in [0, 0.05) is 37.1 Å². The number of halogens is 1. The molecule has 0 spiro atoms. The predicted molar refractivity (Wildman–Crippen MR) is 204 cm³/mol. The third-order valence-electron chi connectivity index (χ3n) is 8.00. The van der Waals surface area contributed by atoms with Crippen LogP contribution in [0.5, 0.6) is 0 Å². The van der Waals surface area contributed by atoms with Crippen molar-refractivity contribution in [3.63, 3.8) is 0 Å². The lowest BCUT2D eigenvalue weighted by Gasteiger charge is -2.19. The molecule has 0 unspecified atom stereocenters. The van der Waals surface area contributed by atoms with Crippen LogP contribution in [0.15, 0.2) is 66.9 Å². The minimum Gasteiger partial charge on any atom is -0.444 e. The summed E-state index contributed by atoms with van der Waals surface area (Å²) < 4.78 is 10.6. The first-order valence-corrected chi connectivity index (χ1v) is 18.0. The summed E-state index contributed by atoms with van der Waals surface area (Å²) in [4.78, 5) is 39.6. The summed E-state index contributed by atoms with van der Waals surface area (Å²) >= 11 is 6.55. The molecule has 0 aliphatic carbocycles. The molecule has 2 heterocycles. The van der Waals surface area contributed by atoms with Crippen LogP contribution < -0.4 is 10.6 Å². The van der Waals surface area contributed by atoms with E-state index in [0.717, 1.165) is 94.6 Å². The van der Waals surface area contributed by atoms with Gasteiger partial charge in [0.05, 0.1) is 11.9 Å². The zero-order valence-corrected chi connectivity index (χ0v) is 31.2. The van der Waals surface area contributed by atoms with Crippen molar-refractivity contribution in [3.05, 3.63) is 83.7 Å². The van der Waals surface area contributed by atoms with Gasteiger partial charge < -0.3 is 30.1 Å². The van der Waals surface area contributed by atoms with Gasteiger partial charge in [-0.2, -0.15) is 0 Å². The molecule has 0 bridgehead atoms. The SMILES string of the molecule is CC(C)(C)OC(=O)NCCCCc1ncc(-c2ccc3cc(-c4ccc(-c5nc(CCCCNC(=O)OC(C)(C)C)[nH]c5Cl)cc4)ccc3c2)[nH]1. The van der Waals surface area contributed by atoms with Gasteiger partial charge in [-0.05, 0) is 101 Å². The first-order chi connectivity index (χ1) is 24.2. The first kappa shape index (κ1) is 37.4. The number of unbranched alkanes of at least 4 members (excludes halogenated alkanes) is 2. The van der Waals surface area contributed by atoms with E-state index in [2.05, 4.69) is 74.1 Å². The summed E-state index contributed by atoms with van der Waals surface area (Å²) in [5, 5.41) is 8.41. The Bertz CT molecular complexity index is 1940. The Labute approximate surface area is 305 Å². The van der Waals surface area contributed by atoms with Crippen molar-refractivity contribution in [2.45, 2.75) is 91.3 Å². The smallest absolute Gasteiger partial charge is 0.407 e. The van der Waals surface area contributed by atoms with E-state index in [1.54, 1.807) is 0 Å². The van der Waals surface area contributed by atoms with E-state index in [1.807, 2.05) is 59.9 Å². The Morgan fingerprint density at radius 3 is 1.76 bits per heavy atom. The summed E-state index contributed by atoms with van der Waals surface area (Å²) in [5.41, 5.74) is 4.96. The van der Waals surface area contributed by atoms with E-state index in [4.69, 9.17) is 26.1 Å². The Kier molecular flexibility index (Phi) is 12.1. The fourth-order valence-corrected chi connectivity index (χ4v) is 5.86. The molecule has 51 heavy (non-hydrogen) atoms. The predicted octanol–water partition coefficient (Wildman–Crippen LogP) is 9.64. The van der Waals surface area contributed by atoms with E-state index in [9.17, 15) is 9.59 Å². The number of rotatable bonds is 13. The highest BCUT2D eigenvalue weighted by molar-refractivity contribution is 6.31. The number of nitrogens with zero attached hydrogens (tertiary/aromatic N) is 2. The molecule has 5 rings (SSSR count). The maximum absolute atomic E-state index is 11.8. The molecule has 0 fully saturated rings. The summed E-state index contributed by atoms with van der Waals surface area (Å²) in [7, 11) is 0. The number of carbonyl (C=O) groups is 2. The normalized spacial score (nSPS) is 11.8. The van der Waals surface area contributed by atoms with Gasteiger partial charge >= 0.3 is 12.2 Å². The van der Waals surface area contributed by atoms with Crippen LogP contribution in [0.3, 0.4) is 0 Å². The molecule has 0 saturated carbocycles. The summed E-state index contributed by atoms with van der Waals surface area (Å²) in [6, 6.07) is 21.2. The average molecular weight is 713 g/mol. The molecular weight excluding hydrogens is 664 g/mol. The number of imidazole rings is 2. The van der Waals surface area contributed by atoms with Crippen LogP contribution in [0.25, 0.3) is 44.4 Å². The number of aromatic nitrogens is 4. The second kappa shape index (κ2) is 16.5. The molecule has 11 heteroatoms. The van der Waals surface area contributed by atoms with Crippen LogP contribution >= 0.6 is 11.6 Å². The first-order valence-electron chi connectivity index (χ1n) is 17.6. The van der Waals surface area contributed by atoms with Crippen molar-refractivity contribution >= 4 is 34.6 Å². The van der Waals surface area contributed by atoms with E-state index in [0.29, 0.717) is 18.2 Å². The van der Waals surface area contributed by atoms with Gasteiger partial charge in [-0.1, -0.05) is 60.1 Å². The third-order valence-corrected chi connectivity index (χ3v) is 8.27. The Balaban J connectivity index is 1.12. The Morgan fingerprint density at radius 1 is 0.667 bits per heavy atom. The Morgan fingerprint density at radius 2 is 1.18 bits per heavy atom. The number of hydrogen-bond donors (Lipinski definition) is 4. The van der Waals surface area contributed by atoms with Gasteiger partial charge in [-0.25, -0.2) is 19.6 Å². The van der Waals surface area contributed by atoms with Crippen LogP contribution in [0, 0.1) is 0 Å². The lowest BCUT2D eigenvalue weighted by Crippen LogP contribution is -2.33. The topological polar surface area (TPSA) is 134 Å². The highest BCUT2D eigenvalue weighted by Gasteiger charge is 2.17. The molecule has 2 aromatic heterocycles. The third kappa shape index (κ3) is 11.3. The molecule has 5 aromatic rings. The maximum Gasteiger partial charge on any atom is 0.407 e. The van der Waals surface area contributed by atoms with Crippen LogP contribution in [0.2, 0.25) is 5.15 Å². The standard InChI is InChI=1S/C40H49ClN6O4/c1-39(2,3)50-37(48)42-21-9-7-11-33-44-25-32(45-33)31-20-19-29-23-28(17-18-30(29)24-31)26-13-15-27(16-14-26)35-36(41)47-34(46-35)12-8-10-22-43-38(49)51-40(4,5)6/h13-20,23-25H,7-12,21-22H2,1-6H3,(H,42,48)(H,43,49)(H,44,45)(H,46,47). The van der Waals surface area contributed by atoms with Crippen molar-refractivity contribution in [2.24, 2.45) is 0 Å². The number of amides is 2. The average Bonchev–Trinajstić information content (AvgIpc) is 3.69. The highest BCUT2D eigenvalue weighted by atomic mass is 35.5. The molecule has 0 saturated heterocycles. The number of alkyl carbamates (subject to hydrolysis) is 2. The van der Waals surface area contributed by atoms with Gasteiger partial charge in [-0.3, -0.25) is 0 Å². The molecule has 270 valence electrons. The lowest BCUT2D eigenvalue weighted by atomic mass is 9.98. The van der Waals surface area contributed by atoms with Gasteiger partial charge in [0.2, 0.25) is 0 Å². The van der Waals surface area contributed by atoms with Gasteiger partial charge in [-0.15, -0.1) is 0 Å². The number of nitrogens with one attached hydrogen (secondary N) is 4. The van der Waals surface area contributed by atoms with Crippen molar-refractivity contribution in [2.75, 3.05) is 13.1 Å². The monoisotopic (exact) mass is 712 g/mol. The highest BCUT2D eigenvalue weighted by Crippen LogP contribution is 2.31. The van der Waals surface area contributed by atoms with Gasteiger partial charge in [0.25, 0.3) is 0 Å². The summed E-state index contributed by atoms with van der Waals surface area (Å²) in [6.45, 7) is 12.2. The number of H-pyrrole nitrogens is 2. The molecule has 4 N–H and O–H groups in total. The molecule has 3 aromatic carbocycles. The van der Waals surface area contributed by atoms with Crippen molar-refractivity contribution in [1.29, 1.82) is 0 Å². The van der Waals surface area contributed by atoms with Crippen LogP contribution in [-0.4, -0.2) is 56.4 Å². The molecule has 0 atom stereocenters. The van der Waals surface area contributed by atoms with E-state index >= 15 is 0 Å². The Hall–Kier alpha value is -4.83. The minimum absolute atomic E-state index is 0.384. The second-order valence-corrected chi connectivity index (χ2v) is 15.1. The quantitative estimate of drug-likeness (QED) is 0.0899.